The highest BCUT2D eigenvalue weighted by Crippen LogP contribution is 2.65. The smallest absolute Gasteiger partial charge is 0.387 e. The summed E-state index contributed by atoms with van der Waals surface area (Å²) in [6.45, 7) is 2.61. The van der Waals surface area contributed by atoms with Crippen molar-refractivity contribution in [1.29, 1.82) is 0 Å². The fraction of sp³-hybridized carbons (Fsp3) is 0.896. The van der Waals surface area contributed by atoms with E-state index in [1.807, 2.05) is 0 Å². The summed E-state index contributed by atoms with van der Waals surface area (Å²) in [5.41, 5.74) is 5.65. The van der Waals surface area contributed by atoms with E-state index in [1.165, 1.54) is 121 Å². The van der Waals surface area contributed by atoms with Gasteiger partial charge in [0.1, 0.15) is 31.0 Å². The molecule has 0 radical (unpaired) electrons. The Bertz CT molecular complexity index is 1370. The number of hydrogen-bond acceptors (Lipinski definition) is 15. The van der Waals surface area contributed by atoms with Crippen molar-refractivity contribution in [3.05, 3.63) is 24.4 Å². The number of rotatable bonds is 45. The quantitative estimate of drug-likeness (QED) is 0.0119. The highest BCUT2D eigenvalue weighted by Gasteiger charge is 2.52. The first kappa shape index (κ1) is 63.0. The van der Waals surface area contributed by atoms with Crippen LogP contribution in [-0.4, -0.2) is 115 Å². The van der Waals surface area contributed by atoms with Crippen molar-refractivity contribution in [3.8, 4) is 0 Å². The van der Waals surface area contributed by atoms with E-state index in [0.717, 1.165) is 69.1 Å². The summed E-state index contributed by atoms with van der Waals surface area (Å²) in [6.07, 6.45) is 30.3. The van der Waals surface area contributed by atoms with Crippen molar-refractivity contribution in [2.45, 2.75) is 256 Å². The minimum atomic E-state index is -5.32. The fourth-order valence-corrected chi connectivity index (χ4v) is 10.3. The molecule has 400 valence electrons. The van der Waals surface area contributed by atoms with Gasteiger partial charge in [-0.05, 0) is 61.8 Å². The van der Waals surface area contributed by atoms with Gasteiger partial charge in [0.25, 0.3) is 0 Å². The highest BCUT2D eigenvalue weighted by molar-refractivity contribution is 7.65. The predicted octanol–water partition coefficient (Wildman–Crippen LogP) is 9.41. The first-order valence-corrected chi connectivity index (χ1v) is 29.2. The second kappa shape index (κ2) is 38.5. The third-order valence-electron chi connectivity index (χ3n) is 12.2. The number of aliphatic hydroxyl groups is 4. The number of phosphoric ester groups is 1. The number of ether oxygens (including phenoxy) is 3. The Morgan fingerprint density at radius 2 is 1.21 bits per heavy atom. The molecule has 0 saturated carbocycles. The van der Waals surface area contributed by atoms with Crippen molar-refractivity contribution in [2.24, 2.45) is 5.73 Å². The van der Waals surface area contributed by atoms with Gasteiger partial charge in [-0.25, -0.2) is 9.36 Å². The number of amides is 2. The highest BCUT2D eigenvalue weighted by atomic mass is 31.3. The molecule has 20 heteroatoms. The molecule has 1 fully saturated rings. The molecular formula is C48H94N3O15P2+. The summed E-state index contributed by atoms with van der Waals surface area (Å²) in [5.74, 6) is 0. The van der Waals surface area contributed by atoms with E-state index in [-0.39, 0.29) is 13.0 Å². The molecule has 0 aromatic carbocycles. The molecule has 10 N–H and O–H groups in total. The second-order valence-corrected chi connectivity index (χ2v) is 21.6. The molecule has 2 amide bonds. The SMILES string of the molecule is CCCCCCCC/C=C\CCCCCCCC(O)OC(COC(O)CCCCCCCCCCCCCCCCC)CO[P+](O)(O)OP(=O)(O)OC[C@H]1O[C@@H](N2C=CC(N)NC2=O)C(O)[C@H]1O. The Labute approximate surface area is 409 Å². The lowest BCUT2D eigenvalue weighted by Crippen LogP contribution is -2.55. The zero-order valence-electron chi connectivity index (χ0n) is 41.6. The summed E-state index contributed by atoms with van der Waals surface area (Å²) < 4.78 is 44.2. The second-order valence-electron chi connectivity index (χ2n) is 18.5. The van der Waals surface area contributed by atoms with E-state index in [2.05, 4.69) is 35.6 Å². The number of aliphatic hydroxyl groups excluding tert-OH is 4. The Hall–Kier alpha value is -1.15. The Morgan fingerprint density at radius 1 is 0.735 bits per heavy atom. The average Bonchev–Trinajstić information content (AvgIpc) is 3.57. The number of allylic oxidation sites excluding steroid dienone is 2. The van der Waals surface area contributed by atoms with Crippen LogP contribution in [0.3, 0.4) is 0 Å². The number of unbranched alkanes of at least 4 members (excludes halogenated alkanes) is 25. The minimum absolute atomic E-state index is 0.280. The predicted molar refractivity (Wildman–Crippen MR) is 264 cm³/mol. The molecule has 9 atom stereocenters. The van der Waals surface area contributed by atoms with Crippen molar-refractivity contribution in [3.63, 3.8) is 0 Å². The van der Waals surface area contributed by atoms with Crippen LogP contribution in [0.15, 0.2) is 24.4 Å². The van der Waals surface area contributed by atoms with Crippen LogP contribution in [0.4, 0.5) is 4.79 Å². The van der Waals surface area contributed by atoms with Crippen LogP contribution in [0.2, 0.25) is 0 Å². The summed E-state index contributed by atoms with van der Waals surface area (Å²) >= 11 is 0. The maximum atomic E-state index is 12.8. The van der Waals surface area contributed by atoms with Crippen molar-refractivity contribution in [1.82, 2.24) is 10.2 Å². The number of carbonyl (C=O) groups excluding carboxylic acids is 1. The van der Waals surface area contributed by atoms with Crippen LogP contribution in [0.5, 0.6) is 0 Å². The largest absolute Gasteiger partial charge is 0.580 e. The standard InChI is InChI=1S/C48H93N3O15P2/c1-3-5-7-9-11-13-15-17-19-21-23-25-27-29-31-33-43(52)61-37-40(64-44(53)34-32-30-28-26-24-22-20-18-16-14-12-10-8-6-4-2)38-62-67(57,58)66-68(59,60)63-39-41-45(54)46(55)47(65-41)51-36-35-42(49)50-48(51)56/h18,20,35-36,40-47,52-55,57-58H,3-17,19,21-34,37-39,49H2,1-2H3,(H-,50,56,59,60)/p+1/b20-18-/t40?,41-,42?,43?,44?,45+,46?,47-/m1/s1. The molecule has 0 aliphatic carbocycles. The molecule has 2 heterocycles. The number of phosphoric acid groups is 1. The Morgan fingerprint density at radius 3 is 1.71 bits per heavy atom. The van der Waals surface area contributed by atoms with Crippen LogP contribution >= 0.6 is 16.0 Å². The van der Waals surface area contributed by atoms with Gasteiger partial charge >= 0.3 is 22.0 Å². The number of nitrogens with two attached hydrogens (primary N) is 1. The number of nitrogens with one attached hydrogen (secondary N) is 1. The first-order chi connectivity index (χ1) is 32.7. The number of carbonyl (C=O) groups is 1. The molecule has 18 nitrogen and oxygen atoms in total. The van der Waals surface area contributed by atoms with Gasteiger partial charge in [0.05, 0.1) is 19.4 Å². The maximum absolute atomic E-state index is 12.8. The summed E-state index contributed by atoms with van der Waals surface area (Å²) in [5, 5.41) is 44.7. The van der Waals surface area contributed by atoms with Crippen LogP contribution < -0.4 is 11.1 Å². The molecule has 0 aromatic heterocycles. The monoisotopic (exact) mass is 1010 g/mol. The molecule has 6 unspecified atom stereocenters. The van der Waals surface area contributed by atoms with Crippen LogP contribution in [0.1, 0.15) is 206 Å². The zero-order valence-corrected chi connectivity index (χ0v) is 43.4. The zero-order chi connectivity index (χ0) is 49.9. The molecule has 2 rings (SSSR count). The average molecular weight is 1020 g/mol. The van der Waals surface area contributed by atoms with Crippen molar-refractivity contribution < 1.29 is 72.0 Å². The first-order valence-electron chi connectivity index (χ1n) is 26.2. The van der Waals surface area contributed by atoms with E-state index in [9.17, 15) is 44.5 Å². The van der Waals surface area contributed by atoms with Gasteiger partial charge in [-0.1, -0.05) is 167 Å². The van der Waals surface area contributed by atoms with Gasteiger partial charge in [-0.2, -0.15) is 14.3 Å². The van der Waals surface area contributed by atoms with Crippen LogP contribution in [0, 0.1) is 0 Å². The van der Waals surface area contributed by atoms with E-state index in [4.69, 9.17) is 29.0 Å². The van der Waals surface area contributed by atoms with E-state index in [0.29, 0.717) is 12.8 Å². The fourth-order valence-electron chi connectivity index (χ4n) is 8.14. The van der Waals surface area contributed by atoms with Gasteiger partial charge in [0.15, 0.2) is 18.8 Å². The van der Waals surface area contributed by atoms with Gasteiger partial charge in [-0.15, -0.1) is 0 Å². The molecule has 0 spiro atoms. The third-order valence-corrected chi connectivity index (χ3v) is 14.9. The number of urea groups is 1. The van der Waals surface area contributed by atoms with Gasteiger partial charge in [0.2, 0.25) is 0 Å². The molecule has 0 aromatic rings. The number of hydrogen-bond donors (Lipinski definition) is 9. The Kier molecular flexibility index (Phi) is 35.6. The summed E-state index contributed by atoms with van der Waals surface area (Å²) in [4.78, 5) is 44.6. The maximum Gasteiger partial charge on any atom is 0.580 e. The Balaban J connectivity index is 1.78. The lowest BCUT2D eigenvalue weighted by atomic mass is 10.0. The molecule has 0 bridgehead atoms. The summed E-state index contributed by atoms with van der Waals surface area (Å²) in [6, 6.07) is -0.723. The van der Waals surface area contributed by atoms with E-state index < -0.39 is 84.6 Å². The van der Waals surface area contributed by atoms with Crippen molar-refractivity contribution in [2.75, 3.05) is 19.8 Å². The molecule has 2 aliphatic heterocycles. The number of nitrogens with zero attached hydrogens (tertiary/aromatic N) is 1. The molecular weight excluding hydrogens is 920 g/mol. The summed E-state index contributed by atoms with van der Waals surface area (Å²) in [7, 11) is -10.4. The van der Waals surface area contributed by atoms with Crippen molar-refractivity contribution >= 4 is 22.0 Å². The lowest BCUT2D eigenvalue weighted by molar-refractivity contribution is -0.191. The van der Waals surface area contributed by atoms with Gasteiger partial charge in [0, 0.05) is 6.20 Å². The van der Waals surface area contributed by atoms with E-state index >= 15 is 0 Å². The van der Waals surface area contributed by atoms with Crippen LogP contribution in [0.25, 0.3) is 0 Å². The lowest BCUT2D eigenvalue weighted by Gasteiger charge is -2.31. The molecule has 68 heavy (non-hydrogen) atoms. The van der Waals surface area contributed by atoms with Crippen LogP contribution in [-0.2, 0) is 32.1 Å². The van der Waals surface area contributed by atoms with Gasteiger partial charge < -0.3 is 50.6 Å². The normalized spacial score (nSPS) is 22.2. The van der Waals surface area contributed by atoms with Gasteiger partial charge in [-0.3, -0.25) is 9.42 Å². The molecule has 2 aliphatic rings. The van der Waals surface area contributed by atoms with E-state index in [1.54, 1.807) is 0 Å². The third kappa shape index (κ3) is 30.7. The minimum Gasteiger partial charge on any atom is -0.387 e. The topological polar surface area (TPSA) is 272 Å². The molecule has 1 saturated heterocycles.